The Balaban J connectivity index is -0.000000350. The van der Waals surface area contributed by atoms with Crippen LogP contribution in [0.2, 0.25) is 0 Å². The molecule has 0 heterocycles. The molecule has 0 aliphatic heterocycles. The Kier molecular flexibility index (Phi) is 26.1. The molecular formula is C20H36O8Ti. The molecule has 0 bridgehead atoms. The average Bonchev–Trinajstić information content (AvgIpc) is 2.64. The van der Waals surface area contributed by atoms with E-state index in [-0.39, 0.29) is 11.6 Å². The van der Waals surface area contributed by atoms with Crippen molar-refractivity contribution in [1.82, 2.24) is 0 Å². The monoisotopic (exact) mass is 452 g/mol. The van der Waals surface area contributed by atoms with Gasteiger partial charge in [-0.2, -0.15) is 0 Å². The number of hydrogen-bond donors (Lipinski definition) is 0. The molecule has 0 aromatic carbocycles. The summed E-state index contributed by atoms with van der Waals surface area (Å²) < 4.78 is 10.4. The summed E-state index contributed by atoms with van der Waals surface area (Å²) in [4.78, 5) is 41.5. The molecule has 0 aliphatic rings. The molecule has 2 atom stereocenters. The van der Waals surface area contributed by atoms with Gasteiger partial charge in [0.2, 0.25) is 0 Å². The van der Waals surface area contributed by atoms with Crippen molar-refractivity contribution in [3.05, 3.63) is 0 Å². The van der Waals surface area contributed by atoms with Crippen LogP contribution in [0.25, 0.3) is 0 Å². The summed E-state index contributed by atoms with van der Waals surface area (Å²) in [5.41, 5.74) is 0. The van der Waals surface area contributed by atoms with Crippen LogP contribution in [-0.2, 0) is 45.7 Å². The van der Waals surface area contributed by atoms with Crippen LogP contribution in [0.5, 0.6) is 0 Å². The molecular weight excluding hydrogens is 416 g/mol. The first-order valence-corrected chi connectivity index (χ1v) is 11.3. The van der Waals surface area contributed by atoms with Crippen LogP contribution in [-0.4, -0.2) is 36.7 Å². The summed E-state index contributed by atoms with van der Waals surface area (Å²) in [6, 6.07) is 0. The second kappa shape index (κ2) is 23.2. The van der Waals surface area contributed by atoms with E-state index in [0.717, 1.165) is 26.1 Å². The van der Waals surface area contributed by atoms with Crippen LogP contribution in [0.15, 0.2) is 0 Å². The summed E-state index contributed by atoms with van der Waals surface area (Å²) in [6.07, 6.45) is 4.35. The van der Waals surface area contributed by atoms with Crippen molar-refractivity contribution in [1.29, 1.82) is 0 Å². The molecule has 0 aromatic heterocycles. The summed E-state index contributed by atoms with van der Waals surface area (Å²) in [5, 5.41) is 20.4. The van der Waals surface area contributed by atoms with E-state index in [1.54, 1.807) is 0 Å². The molecule has 29 heavy (non-hydrogen) atoms. The van der Waals surface area contributed by atoms with Crippen LogP contribution in [0.4, 0.5) is 0 Å². The zero-order valence-electron chi connectivity index (χ0n) is 18.6. The van der Waals surface area contributed by atoms with Crippen molar-refractivity contribution in [3.63, 3.8) is 0 Å². The normalized spacial score (nSPS) is 11.5. The van der Waals surface area contributed by atoms with Gasteiger partial charge in [-0.1, -0.05) is 26.7 Å². The van der Waals surface area contributed by atoms with E-state index in [1.807, 2.05) is 13.8 Å². The third-order valence-corrected chi connectivity index (χ3v) is 4.44. The third kappa shape index (κ3) is 23.1. The molecule has 168 valence electrons. The van der Waals surface area contributed by atoms with Crippen molar-refractivity contribution < 1.29 is 56.0 Å². The van der Waals surface area contributed by atoms with E-state index < -0.39 is 43.7 Å². The van der Waals surface area contributed by atoms with E-state index in [0.29, 0.717) is 25.7 Å². The molecule has 9 heteroatoms. The SMILES string of the molecule is CCCC(C(C)=O)C(=O)[O-].CCCC(C(C)=O)C(=O)[O-].CCC[O][Ti+2][O]CCC. The number of hydrogen-bond acceptors (Lipinski definition) is 8. The van der Waals surface area contributed by atoms with Crippen LogP contribution < -0.4 is 10.2 Å². The molecule has 0 fully saturated rings. The van der Waals surface area contributed by atoms with E-state index in [2.05, 4.69) is 13.8 Å². The molecule has 0 N–H and O–H groups in total. The molecule has 0 spiro atoms. The molecule has 8 nitrogen and oxygen atoms in total. The van der Waals surface area contributed by atoms with Gasteiger partial charge in [0.1, 0.15) is 11.6 Å². The predicted octanol–water partition coefficient (Wildman–Crippen LogP) is 1.24. The van der Waals surface area contributed by atoms with E-state index in [9.17, 15) is 29.4 Å². The molecule has 0 aromatic rings. The number of ketones is 2. The Morgan fingerprint density at radius 1 is 0.690 bits per heavy atom. The number of aliphatic carboxylic acids is 2. The van der Waals surface area contributed by atoms with Crippen LogP contribution in [0.1, 0.15) is 80.1 Å². The summed E-state index contributed by atoms with van der Waals surface area (Å²) in [5.74, 6) is -4.94. The van der Waals surface area contributed by atoms with Crippen molar-refractivity contribution in [2.24, 2.45) is 11.8 Å². The van der Waals surface area contributed by atoms with Gasteiger partial charge in [-0.25, -0.2) is 0 Å². The average molecular weight is 452 g/mol. The Morgan fingerprint density at radius 2 is 1.00 bits per heavy atom. The van der Waals surface area contributed by atoms with E-state index in [4.69, 9.17) is 6.64 Å². The predicted molar refractivity (Wildman–Crippen MR) is 101 cm³/mol. The van der Waals surface area contributed by atoms with E-state index >= 15 is 0 Å². The molecule has 0 amide bonds. The zero-order chi connectivity index (χ0) is 23.2. The fourth-order valence-electron chi connectivity index (χ4n) is 1.88. The van der Waals surface area contributed by atoms with Gasteiger partial charge in [0.25, 0.3) is 0 Å². The number of carbonyl (C=O) groups is 4. The Bertz CT molecular complexity index is 386. The van der Waals surface area contributed by atoms with Gasteiger partial charge >= 0.3 is 66.5 Å². The fraction of sp³-hybridized carbons (Fsp3) is 0.800. The molecule has 0 radical (unpaired) electrons. The maximum absolute atomic E-state index is 10.6. The first-order valence-electron chi connectivity index (χ1n) is 10.0. The minimum atomic E-state index is -1.26. The van der Waals surface area contributed by atoms with Gasteiger partial charge < -0.3 is 19.8 Å². The molecule has 0 aliphatic carbocycles. The first kappa shape index (κ1) is 32.6. The molecule has 2 unspecified atom stereocenters. The second-order valence-corrected chi connectivity index (χ2v) is 7.48. The Hall–Kier alpha value is -1.09. The van der Waals surface area contributed by atoms with Crippen LogP contribution >= 0.6 is 0 Å². The summed E-state index contributed by atoms with van der Waals surface area (Å²) >= 11 is -0.504. The van der Waals surface area contributed by atoms with Crippen LogP contribution in [0, 0.1) is 11.8 Å². The molecule has 0 saturated heterocycles. The molecule has 0 rings (SSSR count). The number of rotatable bonds is 14. The van der Waals surface area contributed by atoms with Crippen LogP contribution in [0.3, 0.4) is 0 Å². The van der Waals surface area contributed by atoms with Crippen molar-refractivity contribution in [2.45, 2.75) is 80.1 Å². The topological polar surface area (TPSA) is 133 Å². The number of carbonyl (C=O) groups excluding carboxylic acids is 4. The third-order valence-electron chi connectivity index (χ3n) is 3.44. The second-order valence-electron chi connectivity index (χ2n) is 6.32. The number of Topliss-reactive ketones (excluding diaryl/α,β-unsaturated/α-hetero) is 2. The van der Waals surface area contributed by atoms with Gasteiger partial charge in [-0.3, -0.25) is 9.59 Å². The van der Waals surface area contributed by atoms with Gasteiger partial charge in [0.15, 0.2) is 0 Å². The maximum atomic E-state index is 10.6. The first-order chi connectivity index (χ1) is 13.6. The Morgan fingerprint density at radius 3 is 1.14 bits per heavy atom. The quantitative estimate of drug-likeness (QED) is 0.218. The van der Waals surface area contributed by atoms with Gasteiger partial charge in [-0.15, -0.1) is 0 Å². The van der Waals surface area contributed by atoms with Crippen molar-refractivity contribution in [3.8, 4) is 0 Å². The number of carboxylic acid groups (broad SMARTS) is 2. The zero-order valence-corrected chi connectivity index (χ0v) is 20.1. The van der Waals surface area contributed by atoms with Gasteiger partial charge in [0.05, 0.1) is 23.8 Å². The minimum absolute atomic E-state index is 0.318. The fourth-order valence-corrected chi connectivity index (χ4v) is 2.91. The standard InChI is InChI=1S/2C7H12O3.2C3H7O.Ti/c2*1-3-4-6(5(2)8)7(9)10;2*1-2-3-4;/h2*6H,3-4H2,1-2H3,(H,9,10);2*2-3H2,1H3;/q;;2*-1;+4/p-2. The van der Waals surface area contributed by atoms with E-state index in [1.165, 1.54) is 13.8 Å². The summed E-state index contributed by atoms with van der Waals surface area (Å²) in [6.45, 7) is 12.1. The van der Waals surface area contributed by atoms with Gasteiger partial charge in [0, 0.05) is 0 Å². The number of carboxylic acids is 2. The Labute approximate surface area is 184 Å². The van der Waals surface area contributed by atoms with Gasteiger partial charge in [-0.05, 0) is 26.7 Å². The van der Waals surface area contributed by atoms with Crippen molar-refractivity contribution >= 4 is 23.5 Å². The van der Waals surface area contributed by atoms with Crippen molar-refractivity contribution in [2.75, 3.05) is 13.2 Å². The molecule has 0 saturated carbocycles. The summed E-state index contributed by atoms with van der Waals surface area (Å²) in [7, 11) is 0.